The summed E-state index contributed by atoms with van der Waals surface area (Å²) in [4.78, 5) is 14.2. The van der Waals surface area contributed by atoms with Gasteiger partial charge in [-0.15, -0.1) is 0 Å². The van der Waals surface area contributed by atoms with Gasteiger partial charge in [0.05, 0.1) is 26.5 Å². The number of anilines is 1. The number of methoxy groups -OCH3 is 2. The average molecular weight is 418 g/mol. The lowest BCUT2D eigenvalue weighted by molar-refractivity contribution is -0.117. The maximum atomic E-state index is 13.7. The second-order valence-corrected chi connectivity index (χ2v) is 7.65. The van der Waals surface area contributed by atoms with Crippen LogP contribution in [-0.4, -0.2) is 44.7 Å². The minimum absolute atomic E-state index is 0.122. The van der Waals surface area contributed by atoms with Gasteiger partial charge >= 0.3 is 0 Å². The fraction of sp³-hybridized carbons (Fsp3) is 0.435. The van der Waals surface area contributed by atoms with Crippen molar-refractivity contribution in [3.8, 4) is 11.5 Å². The zero-order chi connectivity index (χ0) is 21.5. The van der Waals surface area contributed by atoms with E-state index < -0.39 is 11.6 Å². The van der Waals surface area contributed by atoms with E-state index in [9.17, 15) is 13.6 Å². The Morgan fingerprint density at radius 1 is 1.07 bits per heavy atom. The zero-order valence-corrected chi connectivity index (χ0v) is 17.4. The molecule has 2 aromatic carbocycles. The van der Waals surface area contributed by atoms with Crippen LogP contribution in [-0.2, 0) is 11.2 Å². The van der Waals surface area contributed by atoms with Crippen LogP contribution in [0.1, 0.15) is 24.8 Å². The van der Waals surface area contributed by atoms with E-state index in [0.29, 0.717) is 5.92 Å². The molecule has 1 aliphatic heterocycles. The molecule has 1 fully saturated rings. The number of nitrogens with zero attached hydrogens (tertiary/aromatic N) is 1. The lowest BCUT2D eigenvalue weighted by Gasteiger charge is -2.31. The van der Waals surface area contributed by atoms with E-state index in [1.807, 2.05) is 18.2 Å². The lowest BCUT2D eigenvalue weighted by Crippen LogP contribution is -2.39. The number of rotatable bonds is 8. The molecule has 0 radical (unpaired) electrons. The van der Waals surface area contributed by atoms with Gasteiger partial charge in [-0.05, 0) is 74.5 Å². The summed E-state index contributed by atoms with van der Waals surface area (Å²) in [6.45, 7) is 1.80. The van der Waals surface area contributed by atoms with E-state index in [1.165, 1.54) is 5.56 Å². The van der Waals surface area contributed by atoms with Crippen molar-refractivity contribution in [1.29, 1.82) is 0 Å². The third-order valence-electron chi connectivity index (χ3n) is 5.53. The van der Waals surface area contributed by atoms with Crippen molar-refractivity contribution >= 4 is 11.6 Å². The molecule has 1 amide bonds. The van der Waals surface area contributed by atoms with Gasteiger partial charge in [-0.2, -0.15) is 0 Å². The molecule has 162 valence electrons. The highest BCUT2D eigenvalue weighted by molar-refractivity contribution is 5.92. The fourth-order valence-corrected chi connectivity index (χ4v) is 3.80. The molecule has 7 heteroatoms. The summed E-state index contributed by atoms with van der Waals surface area (Å²) < 4.78 is 37.6. The summed E-state index contributed by atoms with van der Waals surface area (Å²) in [7, 11) is 3.29. The molecule has 3 rings (SSSR count). The second kappa shape index (κ2) is 10.4. The van der Waals surface area contributed by atoms with Crippen LogP contribution in [0.3, 0.4) is 0 Å². The smallest absolute Gasteiger partial charge is 0.238 e. The minimum Gasteiger partial charge on any atom is -0.497 e. The highest BCUT2D eigenvalue weighted by atomic mass is 19.1. The van der Waals surface area contributed by atoms with Gasteiger partial charge in [0.1, 0.15) is 23.1 Å². The molecule has 1 heterocycles. The first-order chi connectivity index (χ1) is 14.5. The van der Waals surface area contributed by atoms with E-state index in [2.05, 4.69) is 10.2 Å². The number of nitrogens with one attached hydrogen (secondary N) is 1. The topological polar surface area (TPSA) is 50.8 Å². The first-order valence-corrected chi connectivity index (χ1v) is 10.2. The molecule has 0 atom stereocenters. The van der Waals surface area contributed by atoms with Crippen LogP contribution in [0.15, 0.2) is 36.4 Å². The number of hydrogen-bond acceptors (Lipinski definition) is 4. The Kier molecular flexibility index (Phi) is 7.63. The maximum absolute atomic E-state index is 13.7. The van der Waals surface area contributed by atoms with E-state index in [4.69, 9.17) is 9.47 Å². The zero-order valence-electron chi connectivity index (χ0n) is 17.4. The van der Waals surface area contributed by atoms with Crippen molar-refractivity contribution in [2.24, 2.45) is 5.92 Å². The first kappa shape index (κ1) is 22.0. The minimum atomic E-state index is -0.641. The number of carbonyl (C=O) groups is 1. The standard InChI is InChI=1S/C23H28F2N2O3/c1-29-19-11-17(12-20(14-19)30-2)4-3-16-7-9-27(10-8-16)15-23(28)26-22-13-18(24)5-6-21(22)25/h5-6,11-14,16H,3-4,7-10,15H2,1-2H3,(H,26,28). The molecule has 30 heavy (non-hydrogen) atoms. The van der Waals surface area contributed by atoms with Gasteiger partial charge in [0.15, 0.2) is 0 Å². The number of halogens is 2. The van der Waals surface area contributed by atoms with Gasteiger partial charge in [-0.25, -0.2) is 8.78 Å². The molecule has 1 N–H and O–H groups in total. The van der Waals surface area contributed by atoms with Gasteiger partial charge in [-0.3, -0.25) is 9.69 Å². The third-order valence-corrected chi connectivity index (χ3v) is 5.53. The molecular weight excluding hydrogens is 390 g/mol. The van der Waals surface area contributed by atoms with Crippen LogP contribution in [0.5, 0.6) is 11.5 Å². The highest BCUT2D eigenvalue weighted by Crippen LogP contribution is 2.27. The average Bonchev–Trinajstić information content (AvgIpc) is 2.75. The van der Waals surface area contributed by atoms with Crippen molar-refractivity contribution in [3.05, 3.63) is 53.6 Å². The van der Waals surface area contributed by atoms with Crippen LogP contribution in [0.2, 0.25) is 0 Å². The SMILES string of the molecule is COc1cc(CCC2CCN(CC(=O)Nc3cc(F)ccc3F)CC2)cc(OC)c1. The van der Waals surface area contributed by atoms with E-state index >= 15 is 0 Å². The van der Waals surface area contributed by atoms with E-state index in [0.717, 1.165) is 68.5 Å². The monoisotopic (exact) mass is 418 g/mol. The van der Waals surface area contributed by atoms with Crippen LogP contribution < -0.4 is 14.8 Å². The van der Waals surface area contributed by atoms with Crippen LogP contribution in [0.25, 0.3) is 0 Å². The lowest BCUT2D eigenvalue weighted by atomic mass is 9.90. The van der Waals surface area contributed by atoms with Crippen LogP contribution in [0.4, 0.5) is 14.5 Å². The molecule has 0 saturated carbocycles. The fourth-order valence-electron chi connectivity index (χ4n) is 3.80. The molecule has 1 aliphatic rings. The number of hydrogen-bond donors (Lipinski definition) is 1. The van der Waals surface area contributed by atoms with Crippen molar-refractivity contribution in [2.75, 3.05) is 39.2 Å². The molecule has 0 aromatic heterocycles. The van der Waals surface area contributed by atoms with Gasteiger partial charge in [0.2, 0.25) is 5.91 Å². The molecule has 2 aromatic rings. The van der Waals surface area contributed by atoms with E-state index in [-0.39, 0.29) is 18.1 Å². The molecule has 0 unspecified atom stereocenters. The van der Waals surface area contributed by atoms with Crippen LogP contribution in [0, 0.1) is 17.6 Å². The molecular formula is C23H28F2N2O3. The van der Waals surface area contributed by atoms with E-state index in [1.54, 1.807) is 14.2 Å². The number of amides is 1. The number of piperidine rings is 1. The Hall–Kier alpha value is -2.67. The number of carbonyl (C=O) groups excluding carboxylic acids is 1. The predicted octanol–water partition coefficient (Wildman–Crippen LogP) is 4.27. The molecule has 5 nitrogen and oxygen atoms in total. The Morgan fingerprint density at radius 3 is 2.37 bits per heavy atom. The normalized spacial score (nSPS) is 15.1. The van der Waals surface area contributed by atoms with Crippen LogP contribution >= 0.6 is 0 Å². The van der Waals surface area contributed by atoms with Crippen molar-refractivity contribution < 1.29 is 23.0 Å². The molecule has 0 spiro atoms. The Bertz CT molecular complexity index is 845. The molecule has 0 aliphatic carbocycles. The summed E-state index contributed by atoms with van der Waals surface area (Å²) >= 11 is 0. The van der Waals surface area contributed by atoms with Gasteiger partial charge in [-0.1, -0.05) is 0 Å². The first-order valence-electron chi connectivity index (χ1n) is 10.2. The highest BCUT2D eigenvalue weighted by Gasteiger charge is 2.21. The second-order valence-electron chi connectivity index (χ2n) is 7.65. The summed E-state index contributed by atoms with van der Waals surface area (Å²) in [5.74, 6) is 0.613. The van der Waals surface area contributed by atoms with Crippen molar-refractivity contribution in [2.45, 2.75) is 25.7 Å². The number of likely N-dealkylation sites (tertiary alicyclic amines) is 1. The summed E-state index contributed by atoms with van der Waals surface area (Å²) in [5.41, 5.74) is 1.06. The van der Waals surface area contributed by atoms with Gasteiger partial charge < -0.3 is 14.8 Å². The number of ether oxygens (including phenoxy) is 2. The third kappa shape index (κ3) is 6.16. The number of benzene rings is 2. The largest absolute Gasteiger partial charge is 0.497 e. The Labute approximate surface area is 176 Å². The Morgan fingerprint density at radius 2 is 1.73 bits per heavy atom. The van der Waals surface area contributed by atoms with Gasteiger partial charge in [0.25, 0.3) is 0 Å². The van der Waals surface area contributed by atoms with Gasteiger partial charge in [0, 0.05) is 12.1 Å². The summed E-state index contributed by atoms with van der Waals surface area (Å²) in [5, 5.41) is 2.46. The molecule has 0 bridgehead atoms. The maximum Gasteiger partial charge on any atom is 0.238 e. The quantitative estimate of drug-likeness (QED) is 0.696. The predicted molar refractivity (Wildman–Crippen MR) is 112 cm³/mol. The molecule has 1 saturated heterocycles. The Balaban J connectivity index is 1.43. The van der Waals surface area contributed by atoms with Crippen molar-refractivity contribution in [1.82, 2.24) is 4.90 Å². The summed E-state index contributed by atoms with van der Waals surface area (Å²) in [6, 6.07) is 8.96. The number of aryl methyl sites for hydroxylation is 1. The van der Waals surface area contributed by atoms with Crippen molar-refractivity contribution in [3.63, 3.8) is 0 Å². The summed E-state index contributed by atoms with van der Waals surface area (Å²) in [6.07, 6.45) is 4.01.